The fourth-order valence-electron chi connectivity index (χ4n) is 3.83. The van der Waals surface area contributed by atoms with Crippen LogP contribution in [-0.4, -0.2) is 46.0 Å². The molecule has 6 nitrogen and oxygen atoms in total. The molecule has 0 radical (unpaired) electrons. The molecule has 0 bridgehead atoms. The van der Waals surface area contributed by atoms with E-state index in [1.807, 2.05) is 20.8 Å². The van der Waals surface area contributed by atoms with E-state index < -0.39 is 23.0 Å². The summed E-state index contributed by atoms with van der Waals surface area (Å²) in [4.78, 5) is 41.0. The van der Waals surface area contributed by atoms with Crippen LogP contribution >= 0.6 is 27.3 Å². The van der Waals surface area contributed by atoms with Crippen molar-refractivity contribution < 1.29 is 19.1 Å². The van der Waals surface area contributed by atoms with Crippen molar-refractivity contribution in [1.82, 2.24) is 9.38 Å². The maximum Gasteiger partial charge on any atom is 0.433 e. The lowest BCUT2D eigenvalue weighted by atomic mass is 9.99. The molecule has 1 spiro atoms. The zero-order valence-electron chi connectivity index (χ0n) is 17.0. The molecular weight excluding hydrogens is 432 g/mol. The van der Waals surface area contributed by atoms with Gasteiger partial charge in [-0.15, -0.1) is 0 Å². The van der Waals surface area contributed by atoms with E-state index in [0.717, 1.165) is 19.3 Å². The van der Waals surface area contributed by atoms with Gasteiger partial charge in [-0.3, -0.25) is 4.79 Å². The molecule has 3 rings (SSSR count). The van der Waals surface area contributed by atoms with E-state index in [1.54, 1.807) is 34.6 Å². The number of imide groups is 1. The van der Waals surface area contributed by atoms with E-state index in [0.29, 0.717) is 5.56 Å². The van der Waals surface area contributed by atoms with Crippen LogP contribution in [-0.2, 0) is 9.53 Å². The summed E-state index contributed by atoms with van der Waals surface area (Å²) in [6.07, 6.45) is 0. The number of nitrogens with zero attached hydrogens (tertiary/aromatic N) is 2. The van der Waals surface area contributed by atoms with Gasteiger partial charge < -0.3 is 4.74 Å². The first-order chi connectivity index (χ1) is 12.2. The number of esters is 1. The van der Waals surface area contributed by atoms with Gasteiger partial charge in [-0.1, -0.05) is 11.3 Å². The monoisotopic (exact) mass is 457 g/mol. The number of hydrogen-bond acceptors (Lipinski definition) is 5. The number of hydrogen-bond donors (Lipinski definition) is 0. The molecule has 8 heteroatoms. The van der Waals surface area contributed by atoms with E-state index in [4.69, 9.17) is 4.74 Å². The number of ether oxygens (including phenoxy) is 1. The number of quaternary nitrogens is 1. The van der Waals surface area contributed by atoms with Crippen molar-refractivity contribution in [2.75, 3.05) is 0 Å². The van der Waals surface area contributed by atoms with Crippen molar-refractivity contribution in [3.63, 3.8) is 0 Å². The SMILES string of the molecule is Cc1c(Br)sc2c1C(=O)N(C(C)(C)C(=O)OC(C)(C)C)C(=O)[N+]21C(C)C1C. The van der Waals surface area contributed by atoms with Gasteiger partial charge >= 0.3 is 12.0 Å². The lowest BCUT2D eigenvalue weighted by Crippen LogP contribution is -2.65. The number of urea groups is 1. The molecule has 3 amide bonds. The lowest BCUT2D eigenvalue weighted by Gasteiger charge is -2.39. The fourth-order valence-corrected chi connectivity index (χ4v) is 5.81. The summed E-state index contributed by atoms with van der Waals surface area (Å²) in [7, 11) is 0. The molecule has 148 valence electrons. The Morgan fingerprint density at radius 3 is 2.11 bits per heavy atom. The summed E-state index contributed by atoms with van der Waals surface area (Å²) >= 11 is 4.95. The van der Waals surface area contributed by atoms with Gasteiger partial charge in [0, 0.05) is 0 Å². The topological polar surface area (TPSA) is 63.7 Å². The van der Waals surface area contributed by atoms with Crippen LogP contribution in [0, 0.1) is 6.92 Å². The number of rotatable bonds is 2. The Kier molecular flexibility index (Phi) is 4.46. The molecule has 2 aliphatic rings. The molecule has 0 saturated carbocycles. The molecule has 0 aromatic carbocycles. The summed E-state index contributed by atoms with van der Waals surface area (Å²) in [5.74, 6) is -1.02. The molecular formula is C19H26BrN2O4S+. The molecule has 1 aromatic heterocycles. The molecule has 1 fully saturated rings. The Morgan fingerprint density at radius 2 is 1.67 bits per heavy atom. The maximum atomic E-state index is 13.6. The molecule has 27 heavy (non-hydrogen) atoms. The Bertz CT molecular complexity index is 860. The van der Waals surface area contributed by atoms with Crippen LogP contribution in [0.25, 0.3) is 0 Å². The average molecular weight is 458 g/mol. The minimum Gasteiger partial charge on any atom is -0.458 e. The van der Waals surface area contributed by atoms with Crippen LogP contribution in [0.1, 0.15) is 64.4 Å². The molecule has 2 atom stereocenters. The highest BCUT2D eigenvalue weighted by molar-refractivity contribution is 9.11. The van der Waals surface area contributed by atoms with Crippen molar-refractivity contribution in [2.24, 2.45) is 0 Å². The smallest absolute Gasteiger partial charge is 0.433 e. The Balaban J connectivity index is 2.16. The van der Waals surface area contributed by atoms with Gasteiger partial charge in [0.2, 0.25) is 5.00 Å². The lowest BCUT2D eigenvalue weighted by molar-refractivity contribution is -0.165. The summed E-state index contributed by atoms with van der Waals surface area (Å²) in [6, 6.07) is -0.255. The van der Waals surface area contributed by atoms with Gasteiger partial charge in [0.05, 0.1) is 3.79 Å². The first-order valence-electron chi connectivity index (χ1n) is 8.99. The van der Waals surface area contributed by atoms with E-state index in [9.17, 15) is 14.4 Å². The quantitative estimate of drug-likeness (QED) is 0.369. The van der Waals surface area contributed by atoms with Crippen LogP contribution in [0.15, 0.2) is 3.79 Å². The molecule has 2 aliphatic heterocycles. The summed E-state index contributed by atoms with van der Waals surface area (Å²) in [5.41, 5.74) is -0.788. The second kappa shape index (κ2) is 5.87. The van der Waals surface area contributed by atoms with Crippen molar-refractivity contribution in [2.45, 2.75) is 78.6 Å². The van der Waals surface area contributed by atoms with E-state index in [1.165, 1.54) is 11.3 Å². The first-order valence-corrected chi connectivity index (χ1v) is 10.6. The van der Waals surface area contributed by atoms with Crippen LogP contribution in [0.2, 0.25) is 0 Å². The third-order valence-electron chi connectivity index (χ3n) is 5.68. The highest BCUT2D eigenvalue weighted by Gasteiger charge is 2.75. The predicted octanol–water partition coefficient (Wildman–Crippen LogP) is 4.61. The van der Waals surface area contributed by atoms with Crippen molar-refractivity contribution in [1.29, 1.82) is 0 Å². The third kappa shape index (κ3) is 2.63. The summed E-state index contributed by atoms with van der Waals surface area (Å²) in [5, 5.41) is 0.769. The van der Waals surface area contributed by atoms with Gasteiger partial charge in [-0.25, -0.2) is 14.5 Å². The van der Waals surface area contributed by atoms with Gasteiger partial charge in [0.15, 0.2) is 12.1 Å². The van der Waals surface area contributed by atoms with Gasteiger partial charge in [0.25, 0.3) is 5.91 Å². The number of thiophene rings is 1. The van der Waals surface area contributed by atoms with Crippen LogP contribution in [0.4, 0.5) is 9.80 Å². The second-order valence-electron chi connectivity index (χ2n) is 8.92. The van der Waals surface area contributed by atoms with Gasteiger partial charge in [0.1, 0.15) is 16.7 Å². The zero-order chi connectivity index (χ0) is 20.7. The normalized spacial score (nSPS) is 27.8. The minimum absolute atomic E-state index is 0.0474. The number of carbonyl (C=O) groups excluding carboxylic acids is 3. The average Bonchev–Trinajstić information content (AvgIpc) is 2.89. The second-order valence-corrected chi connectivity index (χ2v) is 11.2. The largest absolute Gasteiger partial charge is 0.458 e. The molecule has 1 saturated heterocycles. The highest BCUT2D eigenvalue weighted by atomic mass is 79.9. The Labute approximate surface area is 172 Å². The Hall–Kier alpha value is -1.25. The summed E-state index contributed by atoms with van der Waals surface area (Å²) < 4.78 is 6.45. The first kappa shape index (κ1) is 20.5. The number of halogens is 1. The number of amides is 3. The van der Waals surface area contributed by atoms with Crippen LogP contribution in [0.5, 0.6) is 0 Å². The number of carbonyl (C=O) groups is 3. The van der Waals surface area contributed by atoms with Gasteiger partial charge in [-0.2, -0.15) is 4.48 Å². The van der Waals surface area contributed by atoms with E-state index in [-0.39, 0.29) is 22.6 Å². The fraction of sp³-hybridized carbons (Fsp3) is 0.632. The molecule has 1 aromatic rings. The van der Waals surface area contributed by atoms with Crippen LogP contribution < -0.4 is 4.48 Å². The molecule has 0 aliphatic carbocycles. The van der Waals surface area contributed by atoms with E-state index in [2.05, 4.69) is 15.9 Å². The Morgan fingerprint density at radius 1 is 1.15 bits per heavy atom. The van der Waals surface area contributed by atoms with Crippen molar-refractivity contribution in [3.05, 3.63) is 14.9 Å². The van der Waals surface area contributed by atoms with E-state index >= 15 is 0 Å². The minimum atomic E-state index is -1.41. The number of fused-ring (bicyclic) bond motifs is 2. The van der Waals surface area contributed by atoms with Gasteiger partial charge in [-0.05, 0) is 76.9 Å². The van der Waals surface area contributed by atoms with Crippen molar-refractivity contribution >= 4 is 50.2 Å². The maximum absolute atomic E-state index is 13.6. The molecule has 3 heterocycles. The summed E-state index contributed by atoms with van der Waals surface area (Å²) in [6.45, 7) is 14.3. The third-order valence-corrected chi connectivity index (χ3v) is 7.95. The highest BCUT2D eigenvalue weighted by Crippen LogP contribution is 2.57. The van der Waals surface area contributed by atoms with Crippen LogP contribution in [0.3, 0.4) is 0 Å². The molecule has 0 N–H and O–H groups in total. The van der Waals surface area contributed by atoms with Crippen molar-refractivity contribution in [3.8, 4) is 0 Å². The standard InChI is InChI=1S/C19H26BrN2O4S/c1-9-12-14(23)21(19(7,8)16(24)26-18(4,5)6)17(25)22(10(2)11(22)3)15(12)27-13(9)20/h10-11H,1-8H3/q+1. The zero-order valence-corrected chi connectivity index (χ0v) is 19.4. The molecule has 2 unspecified atom stereocenters. The predicted molar refractivity (Wildman–Crippen MR) is 109 cm³/mol.